The molecule has 4 aromatic carbocycles. The van der Waals surface area contributed by atoms with E-state index in [0.29, 0.717) is 26.1 Å². The number of nitrogens with zero attached hydrogens (tertiary/aromatic N) is 2. The highest BCUT2D eigenvalue weighted by Gasteiger charge is 2.47. The maximum absolute atomic E-state index is 6.33. The van der Waals surface area contributed by atoms with Crippen molar-refractivity contribution in [2.45, 2.75) is 43.2 Å². The van der Waals surface area contributed by atoms with E-state index in [-0.39, 0.29) is 12.1 Å². The van der Waals surface area contributed by atoms with E-state index < -0.39 is 5.41 Å². The smallest absolute Gasteiger partial charge is 0.184 e. The summed E-state index contributed by atoms with van der Waals surface area (Å²) in [6.07, 6.45) is 3.05. The van der Waals surface area contributed by atoms with E-state index in [2.05, 4.69) is 129 Å². The lowest BCUT2D eigenvalue weighted by molar-refractivity contribution is 0.291. The minimum Gasteiger partial charge on any atom is -0.479 e. The van der Waals surface area contributed by atoms with Crippen LogP contribution in [0.25, 0.3) is 11.1 Å². The van der Waals surface area contributed by atoms with Gasteiger partial charge in [0, 0.05) is 27.2 Å². The highest BCUT2D eigenvalue weighted by Crippen LogP contribution is 2.55. The van der Waals surface area contributed by atoms with Gasteiger partial charge in [0.2, 0.25) is 0 Å². The fraction of sp³-hybridized carbons (Fsp3) is 0.257. The number of benzene rings is 4. The van der Waals surface area contributed by atoms with E-state index in [1.807, 2.05) is 0 Å². The summed E-state index contributed by atoms with van der Waals surface area (Å²) in [5.74, 6) is 1.62. The lowest BCUT2D eigenvalue weighted by Crippen LogP contribution is -2.32. The Labute approximate surface area is 257 Å². The van der Waals surface area contributed by atoms with Gasteiger partial charge in [-0.25, -0.2) is 9.98 Å². The molecule has 2 aliphatic heterocycles. The van der Waals surface area contributed by atoms with Crippen molar-refractivity contribution >= 4 is 43.7 Å². The Hall–Kier alpha value is -3.22. The summed E-state index contributed by atoms with van der Waals surface area (Å²) < 4.78 is 14.8. The van der Waals surface area contributed by atoms with Gasteiger partial charge in [-0.05, 0) is 70.5 Å². The van der Waals surface area contributed by atoms with Crippen molar-refractivity contribution in [3.05, 3.63) is 128 Å². The predicted octanol–water partition coefficient (Wildman–Crippen LogP) is 8.34. The summed E-state index contributed by atoms with van der Waals surface area (Å²) in [7, 11) is 0. The first-order valence-corrected chi connectivity index (χ1v) is 15.7. The summed E-state index contributed by atoms with van der Waals surface area (Å²) in [4.78, 5) is 10.2. The summed E-state index contributed by atoms with van der Waals surface area (Å²) in [5.41, 5.74) is 7.15. The zero-order valence-electron chi connectivity index (χ0n) is 22.6. The Kier molecular flexibility index (Phi) is 7.30. The fourth-order valence-corrected chi connectivity index (χ4v) is 7.24. The van der Waals surface area contributed by atoms with Crippen LogP contribution in [-0.4, -0.2) is 37.1 Å². The average molecular weight is 670 g/mol. The van der Waals surface area contributed by atoms with Crippen LogP contribution in [0.1, 0.15) is 35.1 Å². The molecule has 0 spiro atoms. The third kappa shape index (κ3) is 5.40. The van der Waals surface area contributed by atoms with Gasteiger partial charge in [-0.15, -0.1) is 0 Å². The molecular weight excluding hydrogens is 640 g/mol. The minimum absolute atomic E-state index is 0.116. The van der Waals surface area contributed by atoms with Crippen molar-refractivity contribution in [3.8, 4) is 11.1 Å². The summed E-state index contributed by atoms with van der Waals surface area (Å²) in [5, 5.41) is 0. The molecule has 0 unspecified atom stereocenters. The summed E-state index contributed by atoms with van der Waals surface area (Å²) in [6, 6.07) is 34.5. The lowest BCUT2D eigenvalue weighted by atomic mass is 9.72. The Morgan fingerprint density at radius 2 is 1.05 bits per heavy atom. The van der Waals surface area contributed by atoms with Crippen molar-refractivity contribution in [3.63, 3.8) is 0 Å². The quantitative estimate of drug-likeness (QED) is 0.189. The SMILES string of the molecule is Brc1ccc2c(c1)C(CC1=N[C@@H](Cc3ccccc3)CO1)(CC1=N[C@@H](Cc3ccccc3)CO1)c1cc(Br)ccc1-2. The second kappa shape index (κ2) is 11.2. The number of hydrogen-bond donors (Lipinski definition) is 0. The second-order valence-corrected chi connectivity index (χ2v) is 13.0. The maximum atomic E-state index is 6.33. The lowest BCUT2D eigenvalue weighted by Gasteiger charge is -2.31. The molecule has 2 atom stereocenters. The molecule has 6 heteroatoms. The van der Waals surface area contributed by atoms with E-state index in [4.69, 9.17) is 19.5 Å². The van der Waals surface area contributed by atoms with E-state index in [0.717, 1.165) is 33.6 Å². The minimum atomic E-state index is -0.417. The Bertz CT molecular complexity index is 1510. The molecule has 4 aromatic rings. The molecule has 0 fully saturated rings. The largest absolute Gasteiger partial charge is 0.479 e. The number of hydrogen-bond acceptors (Lipinski definition) is 4. The first-order chi connectivity index (χ1) is 20.1. The van der Waals surface area contributed by atoms with Gasteiger partial charge in [-0.1, -0.05) is 105 Å². The van der Waals surface area contributed by atoms with Crippen LogP contribution in [0.15, 0.2) is 116 Å². The van der Waals surface area contributed by atoms with Crippen LogP contribution in [-0.2, 0) is 27.7 Å². The number of rotatable bonds is 8. The Morgan fingerprint density at radius 1 is 0.610 bits per heavy atom. The molecule has 3 aliphatic rings. The maximum Gasteiger partial charge on any atom is 0.184 e. The van der Waals surface area contributed by atoms with Crippen LogP contribution < -0.4 is 0 Å². The molecule has 0 saturated heterocycles. The molecule has 0 saturated carbocycles. The third-order valence-electron chi connectivity index (χ3n) is 8.36. The fourth-order valence-electron chi connectivity index (χ4n) is 6.52. The summed E-state index contributed by atoms with van der Waals surface area (Å²) >= 11 is 7.52. The highest BCUT2D eigenvalue weighted by molar-refractivity contribution is 9.10. The molecule has 0 amide bonds. The van der Waals surface area contributed by atoms with Crippen LogP contribution in [0.2, 0.25) is 0 Å². The molecule has 0 aromatic heterocycles. The zero-order chi connectivity index (χ0) is 27.8. The van der Waals surface area contributed by atoms with Crippen molar-refractivity contribution in [2.24, 2.45) is 9.98 Å². The Balaban J connectivity index is 1.26. The van der Waals surface area contributed by atoms with E-state index in [1.54, 1.807) is 0 Å². The van der Waals surface area contributed by atoms with Crippen LogP contribution in [0.5, 0.6) is 0 Å². The number of aliphatic imine (C=N–C) groups is 2. The van der Waals surface area contributed by atoms with Gasteiger partial charge >= 0.3 is 0 Å². The second-order valence-electron chi connectivity index (χ2n) is 11.2. The number of fused-ring (bicyclic) bond motifs is 3. The zero-order valence-corrected chi connectivity index (χ0v) is 25.8. The molecule has 0 N–H and O–H groups in total. The Morgan fingerprint density at radius 3 is 1.49 bits per heavy atom. The van der Waals surface area contributed by atoms with Gasteiger partial charge in [-0.3, -0.25) is 0 Å². The molecule has 7 rings (SSSR count). The van der Waals surface area contributed by atoms with Crippen molar-refractivity contribution < 1.29 is 9.47 Å². The molecule has 0 bridgehead atoms. The molecule has 206 valence electrons. The summed E-state index contributed by atoms with van der Waals surface area (Å²) in [6.45, 7) is 1.21. The number of ether oxygens (including phenoxy) is 2. The van der Waals surface area contributed by atoms with Gasteiger partial charge in [0.25, 0.3) is 0 Å². The van der Waals surface area contributed by atoms with E-state index in [9.17, 15) is 0 Å². The van der Waals surface area contributed by atoms with Gasteiger partial charge in [0.05, 0.1) is 12.1 Å². The molecule has 2 heterocycles. The van der Waals surface area contributed by atoms with Crippen LogP contribution in [0.3, 0.4) is 0 Å². The van der Waals surface area contributed by atoms with E-state index >= 15 is 0 Å². The molecule has 41 heavy (non-hydrogen) atoms. The average Bonchev–Trinajstić information content (AvgIpc) is 3.68. The molecule has 0 radical (unpaired) electrons. The third-order valence-corrected chi connectivity index (χ3v) is 9.34. The van der Waals surface area contributed by atoms with Gasteiger partial charge in [-0.2, -0.15) is 0 Å². The van der Waals surface area contributed by atoms with Crippen molar-refractivity contribution in [1.29, 1.82) is 0 Å². The first kappa shape index (κ1) is 26.7. The van der Waals surface area contributed by atoms with Gasteiger partial charge in [0.15, 0.2) is 11.8 Å². The van der Waals surface area contributed by atoms with Crippen molar-refractivity contribution in [1.82, 2.24) is 0 Å². The highest BCUT2D eigenvalue weighted by atomic mass is 79.9. The van der Waals surface area contributed by atoms with Crippen LogP contribution in [0.4, 0.5) is 0 Å². The van der Waals surface area contributed by atoms with Crippen LogP contribution in [0, 0.1) is 0 Å². The topological polar surface area (TPSA) is 43.2 Å². The van der Waals surface area contributed by atoms with Gasteiger partial charge < -0.3 is 9.47 Å². The van der Waals surface area contributed by atoms with Crippen LogP contribution >= 0.6 is 31.9 Å². The molecule has 1 aliphatic carbocycles. The number of halogens is 2. The van der Waals surface area contributed by atoms with Gasteiger partial charge in [0.1, 0.15) is 13.2 Å². The standard InChI is InChI=1S/C35H30Br2N2O2/c36-25-11-13-29-30-14-12-26(37)18-32(30)35(31(29)17-25,19-33-38-27(21-40-33)15-23-7-3-1-4-8-23)20-34-39-28(22-41-34)16-24-9-5-2-6-10-24/h1-14,17-18,27-28H,15-16,19-22H2/t27-,28-/m0/s1. The predicted molar refractivity (Wildman–Crippen MR) is 172 cm³/mol. The normalized spacial score (nSPS) is 20.0. The van der Waals surface area contributed by atoms with Crippen molar-refractivity contribution in [2.75, 3.05) is 13.2 Å². The van der Waals surface area contributed by atoms with E-state index in [1.165, 1.54) is 33.4 Å². The molecule has 4 nitrogen and oxygen atoms in total. The monoisotopic (exact) mass is 668 g/mol. The first-order valence-electron chi connectivity index (χ1n) is 14.1. The molecular formula is C35H30Br2N2O2.